The predicted octanol–water partition coefficient (Wildman–Crippen LogP) is 3.47. The Labute approximate surface area is 188 Å². The molecule has 1 aromatic heterocycles. The third kappa shape index (κ3) is 3.94. The molecule has 6 heteroatoms. The zero-order valence-electron chi connectivity index (χ0n) is 18.6. The average molecular weight is 428 g/mol. The van der Waals surface area contributed by atoms with Gasteiger partial charge in [-0.25, -0.2) is 4.98 Å². The van der Waals surface area contributed by atoms with Gasteiger partial charge in [0.2, 0.25) is 0 Å². The minimum Gasteiger partial charge on any atom is -0.383 e. The first kappa shape index (κ1) is 20.5. The lowest BCUT2D eigenvalue weighted by Gasteiger charge is -2.37. The van der Waals surface area contributed by atoms with Crippen molar-refractivity contribution >= 4 is 17.4 Å². The Morgan fingerprint density at radius 1 is 0.938 bits per heavy atom. The van der Waals surface area contributed by atoms with Crippen LogP contribution in [0, 0.1) is 0 Å². The van der Waals surface area contributed by atoms with Gasteiger partial charge in [-0.2, -0.15) is 0 Å². The molecule has 0 spiro atoms. The lowest BCUT2D eigenvalue weighted by molar-refractivity contribution is 0.0946. The number of aromatic nitrogens is 1. The maximum absolute atomic E-state index is 12.1. The number of nitrogen functional groups attached to an aromatic ring is 1. The number of amides is 1. The van der Waals surface area contributed by atoms with E-state index < -0.39 is 0 Å². The molecule has 2 aliphatic heterocycles. The summed E-state index contributed by atoms with van der Waals surface area (Å²) in [6, 6.07) is 17.6. The number of hydrogen-bond acceptors (Lipinski definition) is 5. The topological polar surface area (TPSA) is 83.3 Å². The SMILES string of the molecule is CC1CN(c2ccc(-c3cnc(N)c(-c4ccc5c(c4)CCNC5=O)c3)cc2)CC(C)N1. The van der Waals surface area contributed by atoms with E-state index in [0.29, 0.717) is 24.4 Å². The lowest BCUT2D eigenvalue weighted by Crippen LogP contribution is -2.54. The van der Waals surface area contributed by atoms with Crippen molar-refractivity contribution in [2.24, 2.45) is 0 Å². The van der Waals surface area contributed by atoms with Gasteiger partial charge in [-0.1, -0.05) is 24.3 Å². The van der Waals surface area contributed by atoms with Gasteiger partial charge in [0, 0.05) is 60.3 Å². The minimum absolute atomic E-state index is 0.00832. The van der Waals surface area contributed by atoms with E-state index in [2.05, 4.69) is 70.8 Å². The summed E-state index contributed by atoms with van der Waals surface area (Å²) >= 11 is 0. The zero-order valence-corrected chi connectivity index (χ0v) is 18.6. The number of rotatable bonds is 3. The second kappa shape index (κ2) is 8.28. The molecule has 2 aromatic carbocycles. The van der Waals surface area contributed by atoms with Crippen molar-refractivity contribution in [3.63, 3.8) is 0 Å². The molecule has 3 heterocycles. The van der Waals surface area contributed by atoms with Crippen molar-refractivity contribution < 1.29 is 4.79 Å². The fourth-order valence-electron chi connectivity index (χ4n) is 4.86. The molecule has 4 N–H and O–H groups in total. The Morgan fingerprint density at radius 3 is 2.41 bits per heavy atom. The van der Waals surface area contributed by atoms with E-state index in [1.807, 2.05) is 18.3 Å². The first-order valence-electron chi connectivity index (χ1n) is 11.3. The van der Waals surface area contributed by atoms with Crippen LogP contribution >= 0.6 is 0 Å². The molecule has 0 saturated carbocycles. The van der Waals surface area contributed by atoms with Gasteiger partial charge in [-0.3, -0.25) is 4.79 Å². The molecule has 2 aliphatic rings. The summed E-state index contributed by atoms with van der Waals surface area (Å²) in [7, 11) is 0. The third-order valence-electron chi connectivity index (χ3n) is 6.38. The van der Waals surface area contributed by atoms with Gasteiger partial charge in [-0.15, -0.1) is 0 Å². The van der Waals surface area contributed by atoms with Crippen molar-refractivity contribution in [2.75, 3.05) is 30.3 Å². The molecule has 2 unspecified atom stereocenters. The van der Waals surface area contributed by atoms with Crippen LogP contribution in [-0.2, 0) is 6.42 Å². The summed E-state index contributed by atoms with van der Waals surface area (Å²) < 4.78 is 0. The Balaban J connectivity index is 1.43. The third-order valence-corrected chi connectivity index (χ3v) is 6.38. The number of pyridine rings is 1. The summed E-state index contributed by atoms with van der Waals surface area (Å²) in [6.45, 7) is 7.14. The summed E-state index contributed by atoms with van der Waals surface area (Å²) in [4.78, 5) is 19.0. The molecular weight excluding hydrogens is 398 g/mol. The Kier molecular flexibility index (Phi) is 5.31. The van der Waals surface area contributed by atoms with Crippen LogP contribution < -0.4 is 21.3 Å². The maximum atomic E-state index is 12.1. The fourth-order valence-corrected chi connectivity index (χ4v) is 4.86. The number of carbonyl (C=O) groups is 1. The Hall–Kier alpha value is -3.38. The summed E-state index contributed by atoms with van der Waals surface area (Å²) in [5, 5.41) is 6.47. The molecule has 1 amide bonds. The second-order valence-electron chi connectivity index (χ2n) is 8.96. The number of fused-ring (bicyclic) bond motifs is 1. The predicted molar refractivity (Wildman–Crippen MR) is 130 cm³/mol. The van der Waals surface area contributed by atoms with Crippen LogP contribution in [0.4, 0.5) is 11.5 Å². The van der Waals surface area contributed by atoms with Crippen LogP contribution in [0.15, 0.2) is 54.7 Å². The van der Waals surface area contributed by atoms with E-state index in [9.17, 15) is 4.79 Å². The first-order valence-corrected chi connectivity index (χ1v) is 11.3. The van der Waals surface area contributed by atoms with Crippen LogP contribution in [0.2, 0.25) is 0 Å². The van der Waals surface area contributed by atoms with Crippen LogP contribution in [0.25, 0.3) is 22.3 Å². The van der Waals surface area contributed by atoms with Gasteiger partial charge < -0.3 is 21.3 Å². The summed E-state index contributed by atoms with van der Waals surface area (Å²) in [6.07, 6.45) is 2.65. The fraction of sp³-hybridized carbons (Fsp3) is 0.308. The molecule has 32 heavy (non-hydrogen) atoms. The number of nitrogens with one attached hydrogen (secondary N) is 2. The van der Waals surface area contributed by atoms with E-state index >= 15 is 0 Å². The van der Waals surface area contributed by atoms with Gasteiger partial charge in [0.1, 0.15) is 5.82 Å². The number of carbonyl (C=O) groups excluding carboxylic acids is 1. The molecule has 0 bridgehead atoms. The molecule has 3 aromatic rings. The van der Waals surface area contributed by atoms with Crippen LogP contribution in [-0.4, -0.2) is 42.6 Å². The molecule has 2 atom stereocenters. The number of anilines is 2. The highest BCUT2D eigenvalue weighted by atomic mass is 16.1. The molecule has 6 nitrogen and oxygen atoms in total. The number of hydrogen-bond donors (Lipinski definition) is 3. The van der Waals surface area contributed by atoms with Gasteiger partial charge in [0.05, 0.1) is 0 Å². The van der Waals surface area contributed by atoms with Crippen molar-refractivity contribution in [3.8, 4) is 22.3 Å². The van der Waals surface area contributed by atoms with E-state index in [-0.39, 0.29) is 5.91 Å². The van der Waals surface area contributed by atoms with Crippen LogP contribution in [0.5, 0.6) is 0 Å². The molecular formula is C26H29N5O. The normalized spacial score (nSPS) is 20.6. The first-order chi connectivity index (χ1) is 15.5. The highest BCUT2D eigenvalue weighted by Crippen LogP contribution is 2.32. The van der Waals surface area contributed by atoms with E-state index in [1.54, 1.807) is 0 Å². The van der Waals surface area contributed by atoms with Crippen molar-refractivity contribution in [1.82, 2.24) is 15.6 Å². The van der Waals surface area contributed by atoms with Crippen molar-refractivity contribution in [3.05, 3.63) is 65.9 Å². The molecule has 5 rings (SSSR count). The summed E-state index contributed by atoms with van der Waals surface area (Å²) in [5.74, 6) is 0.486. The molecule has 1 saturated heterocycles. The van der Waals surface area contributed by atoms with Crippen molar-refractivity contribution in [2.45, 2.75) is 32.4 Å². The van der Waals surface area contributed by atoms with E-state index in [4.69, 9.17) is 5.73 Å². The van der Waals surface area contributed by atoms with Crippen molar-refractivity contribution in [1.29, 1.82) is 0 Å². The van der Waals surface area contributed by atoms with Crippen LogP contribution in [0.3, 0.4) is 0 Å². The summed E-state index contributed by atoms with van der Waals surface area (Å²) in [5.41, 5.74) is 13.3. The minimum atomic E-state index is -0.00832. The van der Waals surface area contributed by atoms with Gasteiger partial charge in [-0.05, 0) is 61.2 Å². The number of nitrogens with zero attached hydrogens (tertiary/aromatic N) is 2. The monoisotopic (exact) mass is 427 g/mol. The van der Waals surface area contributed by atoms with Gasteiger partial charge >= 0.3 is 0 Å². The largest absolute Gasteiger partial charge is 0.383 e. The Bertz CT molecular complexity index is 1150. The number of nitrogens with two attached hydrogens (primary N) is 1. The van der Waals surface area contributed by atoms with E-state index in [0.717, 1.165) is 52.9 Å². The highest BCUT2D eigenvalue weighted by molar-refractivity contribution is 5.97. The lowest BCUT2D eigenvalue weighted by atomic mass is 9.94. The standard InChI is InChI=1S/C26H29N5O/c1-16-14-31(15-17(2)30-16)22-6-3-18(4-7-22)21-12-24(25(27)29-13-21)19-5-8-23-20(11-19)9-10-28-26(23)32/h3-8,11-13,16-17,30H,9-10,14-15H2,1-2H3,(H2,27,29)(H,28,32). The quantitative estimate of drug-likeness (QED) is 0.596. The number of piperazine rings is 1. The van der Waals surface area contributed by atoms with Gasteiger partial charge in [0.25, 0.3) is 5.91 Å². The van der Waals surface area contributed by atoms with Crippen LogP contribution in [0.1, 0.15) is 29.8 Å². The second-order valence-corrected chi connectivity index (χ2v) is 8.96. The van der Waals surface area contributed by atoms with E-state index in [1.165, 1.54) is 5.69 Å². The van der Waals surface area contributed by atoms with Gasteiger partial charge in [0.15, 0.2) is 0 Å². The highest BCUT2D eigenvalue weighted by Gasteiger charge is 2.21. The molecule has 1 fully saturated rings. The molecule has 0 aliphatic carbocycles. The molecule has 0 radical (unpaired) electrons. The Morgan fingerprint density at radius 2 is 1.66 bits per heavy atom. The zero-order chi connectivity index (χ0) is 22.2. The number of benzene rings is 2. The maximum Gasteiger partial charge on any atom is 0.251 e. The smallest absolute Gasteiger partial charge is 0.251 e. The average Bonchev–Trinajstić information content (AvgIpc) is 2.79. The molecule has 164 valence electrons.